The number of hydrogen-bond acceptors (Lipinski definition) is 5. The molecule has 184 valence electrons. The van der Waals surface area contributed by atoms with E-state index >= 15 is 0 Å². The number of nitrogens with zero attached hydrogens (tertiary/aromatic N) is 3. The summed E-state index contributed by atoms with van der Waals surface area (Å²) in [6.45, 7) is 8.62. The Morgan fingerprint density at radius 3 is 2.53 bits per heavy atom. The molecule has 0 aliphatic carbocycles. The van der Waals surface area contributed by atoms with Crippen LogP contribution in [0.5, 0.6) is 11.5 Å². The Morgan fingerprint density at radius 2 is 1.88 bits per heavy atom. The van der Waals surface area contributed by atoms with Crippen molar-refractivity contribution in [1.29, 1.82) is 0 Å². The van der Waals surface area contributed by atoms with E-state index in [1.807, 2.05) is 6.92 Å². The first-order valence-electron chi connectivity index (χ1n) is 11.2. The third-order valence-electron chi connectivity index (χ3n) is 5.11. The number of halogens is 3. The van der Waals surface area contributed by atoms with E-state index in [9.17, 15) is 8.78 Å². The van der Waals surface area contributed by atoms with Crippen LogP contribution in [-0.4, -0.2) is 81.8 Å². The number of hydrogen-bond donors (Lipinski definition) is 2. The Bertz CT molecular complexity index is 674. The van der Waals surface area contributed by atoms with E-state index < -0.39 is 6.61 Å². The number of piperazine rings is 1. The lowest BCUT2D eigenvalue weighted by molar-refractivity contribution is -0.0520. The lowest BCUT2D eigenvalue weighted by Gasteiger charge is -2.32. The summed E-state index contributed by atoms with van der Waals surface area (Å²) in [7, 11) is 2.17. The lowest BCUT2D eigenvalue weighted by Crippen LogP contribution is -2.44. The summed E-state index contributed by atoms with van der Waals surface area (Å²) in [6.07, 6.45) is 2.16. The van der Waals surface area contributed by atoms with Gasteiger partial charge < -0.3 is 29.9 Å². The van der Waals surface area contributed by atoms with E-state index in [-0.39, 0.29) is 36.3 Å². The summed E-state index contributed by atoms with van der Waals surface area (Å²) in [4.78, 5) is 9.42. The highest BCUT2D eigenvalue weighted by atomic mass is 127. The second-order valence-electron chi connectivity index (χ2n) is 7.53. The molecule has 2 N–H and O–H groups in total. The highest BCUT2D eigenvalue weighted by molar-refractivity contribution is 14.0. The molecule has 32 heavy (non-hydrogen) atoms. The zero-order valence-corrected chi connectivity index (χ0v) is 21.7. The number of nitrogens with one attached hydrogen (secondary N) is 2. The molecule has 10 heteroatoms. The van der Waals surface area contributed by atoms with Crippen molar-refractivity contribution < 1.29 is 18.3 Å². The molecule has 1 fully saturated rings. The van der Waals surface area contributed by atoms with Crippen LogP contribution in [0, 0.1) is 0 Å². The zero-order chi connectivity index (χ0) is 22.5. The molecule has 0 spiro atoms. The number of para-hydroxylation sites is 1. The monoisotopic (exact) mass is 569 g/mol. The Morgan fingerprint density at radius 1 is 1.12 bits per heavy atom. The fourth-order valence-corrected chi connectivity index (χ4v) is 3.42. The van der Waals surface area contributed by atoms with E-state index in [0.717, 1.165) is 52.1 Å². The first-order chi connectivity index (χ1) is 15.0. The fraction of sp³-hybridized carbons (Fsp3) is 0.682. The fourth-order valence-electron chi connectivity index (χ4n) is 3.42. The van der Waals surface area contributed by atoms with Crippen LogP contribution in [0.3, 0.4) is 0 Å². The van der Waals surface area contributed by atoms with E-state index in [1.165, 1.54) is 0 Å². The Labute approximate surface area is 207 Å². The van der Waals surface area contributed by atoms with E-state index in [4.69, 9.17) is 9.47 Å². The normalized spacial score (nSPS) is 15.4. The van der Waals surface area contributed by atoms with Gasteiger partial charge >= 0.3 is 6.61 Å². The first kappa shape index (κ1) is 28.6. The molecule has 2 rings (SSSR count). The summed E-state index contributed by atoms with van der Waals surface area (Å²) < 4.78 is 35.9. The minimum absolute atomic E-state index is 0. The summed E-state index contributed by atoms with van der Waals surface area (Å²) in [5.41, 5.74) is 0.554. The van der Waals surface area contributed by atoms with Gasteiger partial charge in [0, 0.05) is 44.8 Å². The van der Waals surface area contributed by atoms with Gasteiger partial charge in [0.25, 0.3) is 0 Å². The maximum Gasteiger partial charge on any atom is 0.387 e. The smallest absolute Gasteiger partial charge is 0.387 e. The Balaban J connectivity index is 0.00000512. The number of ether oxygens (including phenoxy) is 2. The van der Waals surface area contributed by atoms with Gasteiger partial charge in [0.05, 0.1) is 13.2 Å². The molecule has 0 bridgehead atoms. The zero-order valence-electron chi connectivity index (χ0n) is 19.4. The molecule has 1 aliphatic rings. The molecule has 0 radical (unpaired) electrons. The standard InChI is InChI=1S/C22H37F2N5O2.HI/c1-4-25-22(26-11-6-7-12-29-15-13-28(3)14-16-29)27-17-18-9-8-10-19(30-5-2)20(18)31-21(23)24;/h8-10,21H,4-7,11-17H2,1-3H3,(H2,25,26,27);1H. The van der Waals surface area contributed by atoms with Gasteiger partial charge in [0.2, 0.25) is 0 Å². The van der Waals surface area contributed by atoms with Crippen molar-refractivity contribution in [3.8, 4) is 11.5 Å². The number of likely N-dealkylation sites (N-methyl/N-ethyl adjacent to an activating group) is 1. The predicted molar refractivity (Wildman–Crippen MR) is 136 cm³/mol. The number of alkyl halides is 2. The van der Waals surface area contributed by atoms with Crippen LogP contribution in [0.4, 0.5) is 8.78 Å². The SMILES string of the molecule is CCNC(=NCc1cccc(OCC)c1OC(F)F)NCCCCN1CCN(C)CC1.I. The van der Waals surface area contributed by atoms with Crippen molar-refractivity contribution in [2.24, 2.45) is 4.99 Å². The summed E-state index contributed by atoms with van der Waals surface area (Å²) >= 11 is 0. The second-order valence-corrected chi connectivity index (χ2v) is 7.53. The van der Waals surface area contributed by atoms with Crippen molar-refractivity contribution in [2.75, 3.05) is 59.5 Å². The van der Waals surface area contributed by atoms with Crippen molar-refractivity contribution >= 4 is 29.9 Å². The summed E-state index contributed by atoms with van der Waals surface area (Å²) in [5.74, 6) is 1.01. The minimum Gasteiger partial charge on any atom is -0.490 e. The van der Waals surface area contributed by atoms with Crippen molar-refractivity contribution in [3.05, 3.63) is 23.8 Å². The molecule has 1 aromatic rings. The highest BCUT2D eigenvalue weighted by Gasteiger charge is 2.16. The van der Waals surface area contributed by atoms with Crippen molar-refractivity contribution in [2.45, 2.75) is 39.8 Å². The molecule has 1 heterocycles. The maximum absolute atomic E-state index is 12.9. The van der Waals surface area contributed by atoms with Crippen LogP contribution >= 0.6 is 24.0 Å². The Hall–Kier alpha value is -1.40. The van der Waals surface area contributed by atoms with Gasteiger partial charge in [-0.1, -0.05) is 12.1 Å². The van der Waals surface area contributed by atoms with Gasteiger partial charge in [-0.2, -0.15) is 8.78 Å². The van der Waals surface area contributed by atoms with Crippen molar-refractivity contribution in [1.82, 2.24) is 20.4 Å². The van der Waals surface area contributed by atoms with Crippen LogP contribution in [0.25, 0.3) is 0 Å². The summed E-state index contributed by atoms with van der Waals surface area (Å²) in [5, 5.41) is 6.53. The molecule has 0 atom stereocenters. The number of aliphatic imine (C=N–C) groups is 1. The van der Waals surface area contributed by atoms with Gasteiger partial charge in [-0.15, -0.1) is 24.0 Å². The van der Waals surface area contributed by atoms with Crippen LogP contribution in [-0.2, 0) is 6.54 Å². The van der Waals surface area contributed by atoms with Crippen LogP contribution in [0.15, 0.2) is 23.2 Å². The largest absolute Gasteiger partial charge is 0.490 e. The molecule has 1 aliphatic heterocycles. The second kappa shape index (κ2) is 16.2. The predicted octanol–water partition coefficient (Wildman–Crippen LogP) is 3.39. The average molecular weight is 569 g/mol. The highest BCUT2D eigenvalue weighted by Crippen LogP contribution is 2.33. The van der Waals surface area contributed by atoms with E-state index in [2.05, 4.69) is 32.5 Å². The van der Waals surface area contributed by atoms with Crippen LogP contribution < -0.4 is 20.1 Å². The van der Waals surface area contributed by atoms with Crippen LogP contribution in [0.1, 0.15) is 32.3 Å². The quantitative estimate of drug-likeness (QED) is 0.174. The molecular weight excluding hydrogens is 531 g/mol. The minimum atomic E-state index is -2.92. The molecule has 0 aromatic heterocycles. The van der Waals surface area contributed by atoms with Gasteiger partial charge in [-0.3, -0.25) is 0 Å². The molecular formula is C22H38F2IN5O2. The van der Waals surface area contributed by atoms with Gasteiger partial charge in [-0.25, -0.2) is 4.99 Å². The van der Waals surface area contributed by atoms with Gasteiger partial charge in [0.15, 0.2) is 17.5 Å². The number of benzene rings is 1. The maximum atomic E-state index is 12.9. The molecule has 1 aromatic carbocycles. The van der Waals surface area contributed by atoms with Crippen LogP contribution in [0.2, 0.25) is 0 Å². The van der Waals surface area contributed by atoms with Gasteiger partial charge in [0.1, 0.15) is 0 Å². The molecule has 1 saturated heterocycles. The third kappa shape index (κ3) is 10.5. The summed E-state index contributed by atoms with van der Waals surface area (Å²) in [6, 6.07) is 5.11. The molecule has 7 nitrogen and oxygen atoms in total. The average Bonchev–Trinajstić information content (AvgIpc) is 2.74. The lowest BCUT2D eigenvalue weighted by atomic mass is 10.2. The molecule has 0 saturated carbocycles. The van der Waals surface area contributed by atoms with E-state index in [1.54, 1.807) is 25.1 Å². The third-order valence-corrected chi connectivity index (χ3v) is 5.11. The van der Waals surface area contributed by atoms with E-state index in [0.29, 0.717) is 30.4 Å². The molecule has 0 amide bonds. The number of unbranched alkanes of at least 4 members (excludes halogenated alkanes) is 1. The Kier molecular flexibility index (Phi) is 14.5. The topological polar surface area (TPSA) is 61.4 Å². The van der Waals surface area contributed by atoms with Gasteiger partial charge in [-0.05, 0) is 46.3 Å². The number of rotatable bonds is 12. The first-order valence-corrected chi connectivity index (χ1v) is 11.2. The van der Waals surface area contributed by atoms with Crippen molar-refractivity contribution in [3.63, 3.8) is 0 Å². The molecule has 0 unspecified atom stereocenters. The number of guanidine groups is 1.